The van der Waals surface area contributed by atoms with E-state index in [0.29, 0.717) is 6.67 Å². The number of aromatic nitrogens is 2. The van der Waals surface area contributed by atoms with Gasteiger partial charge in [0.25, 0.3) is 0 Å². The number of pyridine rings is 1. The Balaban J connectivity index is 1.17. The Bertz CT molecular complexity index is 3290. The first-order valence-electron chi connectivity index (χ1n) is 25.6. The summed E-state index contributed by atoms with van der Waals surface area (Å²) in [5.74, 6) is 2.48. The number of benzene rings is 6. The van der Waals surface area contributed by atoms with Crippen LogP contribution in [-0.2, 0) is 21.7 Å². The lowest BCUT2D eigenvalue weighted by atomic mass is 9.78. The van der Waals surface area contributed by atoms with Crippen LogP contribution in [0.1, 0.15) is 144 Å². The topological polar surface area (TPSA) is 33.5 Å². The first kappa shape index (κ1) is 49.4. The van der Waals surface area contributed by atoms with Crippen molar-refractivity contribution in [3.05, 3.63) is 203 Å². The largest absolute Gasteiger partial charge is 0.457 e. The molecule has 1 aliphatic heterocycles. The van der Waals surface area contributed by atoms with E-state index in [1.54, 1.807) is 0 Å². The molecule has 0 saturated carbocycles. The van der Waals surface area contributed by atoms with Crippen LogP contribution in [0.5, 0.6) is 11.5 Å². The second-order valence-corrected chi connectivity index (χ2v) is 25.2. The minimum atomic E-state index is -0.196. The van der Waals surface area contributed by atoms with Gasteiger partial charge in [0, 0.05) is 73.5 Å². The van der Waals surface area contributed by atoms with Crippen LogP contribution in [0.2, 0.25) is 0 Å². The molecule has 0 unspecified atom stereocenters. The Morgan fingerprint density at radius 3 is 1.51 bits per heavy atom. The van der Waals surface area contributed by atoms with Crippen LogP contribution in [0.15, 0.2) is 169 Å². The normalized spacial score (nSPS) is 14.3. The molecule has 3 heterocycles. The molecule has 0 spiro atoms. The minimum Gasteiger partial charge on any atom is -0.457 e. The average molecular weight is 941 g/mol. The zero-order valence-corrected chi connectivity index (χ0v) is 45.4. The van der Waals surface area contributed by atoms with E-state index in [1.807, 2.05) is 6.20 Å². The van der Waals surface area contributed by atoms with Crippen molar-refractivity contribution in [1.82, 2.24) is 9.55 Å². The second-order valence-electron chi connectivity index (χ2n) is 25.2. The molecule has 5 nitrogen and oxygen atoms in total. The van der Waals surface area contributed by atoms with Crippen molar-refractivity contribution in [2.45, 2.75) is 132 Å². The third-order valence-electron chi connectivity index (χ3n) is 14.9. The number of fused-ring (bicyclic) bond motifs is 3. The zero-order valence-electron chi connectivity index (χ0n) is 45.4. The molecule has 0 amide bonds. The number of allylic oxidation sites excluding steroid dienone is 2. The van der Waals surface area contributed by atoms with Crippen molar-refractivity contribution in [2.24, 2.45) is 10.8 Å². The van der Waals surface area contributed by atoms with Crippen LogP contribution in [-0.4, -0.2) is 16.2 Å². The smallest absolute Gasteiger partial charge is 0.137 e. The lowest BCUT2D eigenvalue weighted by Gasteiger charge is -2.35. The number of rotatable bonds is 9. The number of nitrogens with zero attached hydrogens (tertiary/aromatic N) is 4. The molecule has 6 aromatic carbocycles. The van der Waals surface area contributed by atoms with E-state index >= 15 is 0 Å². The lowest BCUT2D eigenvalue weighted by Crippen LogP contribution is -2.31. The highest BCUT2D eigenvalue weighted by molar-refractivity contribution is 6.10. The fraction of sp³-hybridized carbons (Fsp3) is 0.348. The Kier molecular flexibility index (Phi) is 12.3. The van der Waals surface area contributed by atoms with E-state index in [-0.39, 0.29) is 32.5 Å². The molecule has 0 atom stereocenters. The molecule has 0 aliphatic carbocycles. The predicted molar refractivity (Wildman–Crippen MR) is 302 cm³/mol. The van der Waals surface area contributed by atoms with Crippen molar-refractivity contribution >= 4 is 33.2 Å². The number of hydrogen-bond acceptors (Lipinski definition) is 4. The SMILES string of the molecule is CC(C)(C)C1=C(C(C)(C)C)N(c2cccc(C(C)(C)c3ccccc3)c2)CN1c1cc(Oc2ccc3c4cc(C(C)(C)c5ccccc5)ccc4n(-c4cc(C(C)(C)C)ccn4)c3c2)cc(C(C)(C)C)c1. The van der Waals surface area contributed by atoms with Gasteiger partial charge in [-0.1, -0.05) is 190 Å². The van der Waals surface area contributed by atoms with Gasteiger partial charge in [0.2, 0.25) is 0 Å². The van der Waals surface area contributed by atoms with Crippen LogP contribution in [0, 0.1) is 10.8 Å². The van der Waals surface area contributed by atoms with Crippen LogP contribution >= 0.6 is 0 Å². The molecule has 71 heavy (non-hydrogen) atoms. The highest BCUT2D eigenvalue weighted by Crippen LogP contribution is 2.50. The lowest BCUT2D eigenvalue weighted by molar-refractivity contribution is 0.444. The first-order chi connectivity index (χ1) is 33.2. The summed E-state index contributed by atoms with van der Waals surface area (Å²) in [4.78, 5) is 10.2. The maximum atomic E-state index is 7.15. The van der Waals surface area contributed by atoms with Crippen molar-refractivity contribution in [3.8, 4) is 17.3 Å². The van der Waals surface area contributed by atoms with E-state index in [9.17, 15) is 0 Å². The second kappa shape index (κ2) is 17.6. The Hall–Kier alpha value is -6.59. The molecule has 0 bridgehead atoms. The molecule has 5 heteroatoms. The van der Waals surface area contributed by atoms with Crippen molar-refractivity contribution in [2.75, 3.05) is 16.5 Å². The zero-order chi connectivity index (χ0) is 51.1. The van der Waals surface area contributed by atoms with Gasteiger partial charge in [0.1, 0.15) is 17.3 Å². The third-order valence-corrected chi connectivity index (χ3v) is 14.9. The molecule has 0 radical (unpaired) electrons. The number of anilines is 2. The van der Waals surface area contributed by atoms with Gasteiger partial charge < -0.3 is 14.5 Å². The van der Waals surface area contributed by atoms with Crippen LogP contribution in [0.3, 0.4) is 0 Å². The molecule has 1 aliphatic rings. The Morgan fingerprint density at radius 2 is 0.930 bits per heavy atom. The van der Waals surface area contributed by atoms with Crippen LogP contribution in [0.4, 0.5) is 11.4 Å². The number of hydrogen-bond donors (Lipinski definition) is 0. The Labute approximate surface area is 425 Å². The van der Waals surface area contributed by atoms with E-state index < -0.39 is 0 Å². The monoisotopic (exact) mass is 941 g/mol. The Morgan fingerprint density at radius 1 is 0.380 bits per heavy atom. The van der Waals surface area contributed by atoms with Gasteiger partial charge in [0.05, 0.1) is 17.7 Å². The maximum absolute atomic E-state index is 7.15. The summed E-state index contributed by atoms with van der Waals surface area (Å²) in [6, 6.07) is 55.8. The molecule has 0 saturated heterocycles. The van der Waals surface area contributed by atoms with Crippen molar-refractivity contribution in [1.29, 1.82) is 0 Å². The van der Waals surface area contributed by atoms with Gasteiger partial charge in [-0.3, -0.25) is 4.57 Å². The van der Waals surface area contributed by atoms with Crippen LogP contribution in [0.25, 0.3) is 27.6 Å². The van der Waals surface area contributed by atoms with Gasteiger partial charge in [-0.15, -0.1) is 0 Å². The maximum Gasteiger partial charge on any atom is 0.137 e. The first-order valence-corrected chi connectivity index (χ1v) is 25.6. The summed E-state index contributed by atoms with van der Waals surface area (Å²) in [7, 11) is 0. The van der Waals surface area contributed by atoms with E-state index in [4.69, 9.17) is 9.72 Å². The molecular weight excluding hydrogens is 865 g/mol. The summed E-state index contributed by atoms with van der Waals surface area (Å²) >= 11 is 0. The van der Waals surface area contributed by atoms with Crippen LogP contribution < -0.4 is 14.5 Å². The predicted octanol–water partition coefficient (Wildman–Crippen LogP) is 17.8. The standard InChI is InChI=1S/C66H76N4O/c1-61(2,3)46-34-35-67-58(40-46)70-56-33-30-48(66(15,16)45-26-21-18-22-27-45)39-55(56)54-32-31-52(42-57(54)70)71-53-38-49(62(4,5)6)37-51(41-53)69-43-68(59(63(7,8)9)60(69)64(10,11)12)50-29-23-28-47(36-50)65(13,14)44-24-19-17-20-25-44/h17-42H,43H2,1-16H3. The fourth-order valence-electron chi connectivity index (χ4n) is 10.7. The van der Waals surface area contributed by atoms with Crippen molar-refractivity contribution < 1.29 is 4.74 Å². The summed E-state index contributed by atoms with van der Waals surface area (Å²) in [5.41, 5.74) is 13.9. The van der Waals surface area contributed by atoms with E-state index in [2.05, 4.69) is 277 Å². The third kappa shape index (κ3) is 9.41. The molecule has 366 valence electrons. The van der Waals surface area contributed by atoms with Gasteiger partial charge >= 0.3 is 0 Å². The van der Waals surface area contributed by atoms with E-state index in [1.165, 1.54) is 55.8 Å². The fourth-order valence-corrected chi connectivity index (χ4v) is 10.7. The summed E-state index contributed by atoms with van der Waals surface area (Å²) in [6.45, 7) is 37.8. The average Bonchev–Trinajstić information content (AvgIpc) is 3.90. The molecular formula is C66H76N4O. The molecule has 8 aromatic rings. The van der Waals surface area contributed by atoms with E-state index in [0.717, 1.165) is 39.4 Å². The van der Waals surface area contributed by atoms with Crippen molar-refractivity contribution in [3.63, 3.8) is 0 Å². The summed E-state index contributed by atoms with van der Waals surface area (Å²) in [5, 5.41) is 2.35. The molecule has 0 fully saturated rings. The molecule has 0 N–H and O–H groups in total. The van der Waals surface area contributed by atoms with Gasteiger partial charge in [-0.2, -0.15) is 0 Å². The minimum absolute atomic E-state index is 0.0429. The highest BCUT2D eigenvalue weighted by atomic mass is 16.5. The highest BCUT2D eigenvalue weighted by Gasteiger charge is 2.42. The summed E-state index contributed by atoms with van der Waals surface area (Å²) in [6.07, 6.45) is 1.95. The van der Waals surface area contributed by atoms with Gasteiger partial charge in [-0.25, -0.2) is 4.98 Å². The molecule has 2 aromatic heterocycles. The van der Waals surface area contributed by atoms with Gasteiger partial charge in [0.15, 0.2) is 0 Å². The quantitative estimate of drug-likeness (QED) is 0.144. The van der Waals surface area contributed by atoms with Gasteiger partial charge in [-0.05, 0) is 105 Å². The molecule has 9 rings (SSSR count). The summed E-state index contributed by atoms with van der Waals surface area (Å²) < 4.78 is 9.48. The number of ether oxygens (including phenoxy) is 1.